The fourth-order valence-electron chi connectivity index (χ4n) is 1.96. The van der Waals surface area contributed by atoms with Crippen LogP contribution in [-0.2, 0) is 14.6 Å². The van der Waals surface area contributed by atoms with Crippen LogP contribution in [0.15, 0.2) is 23.1 Å². The zero-order chi connectivity index (χ0) is 15.8. The number of carbonyl (C=O) groups is 2. The first-order valence-corrected chi connectivity index (χ1v) is 8.50. The lowest BCUT2D eigenvalue weighted by Crippen LogP contribution is -2.24. The van der Waals surface area contributed by atoms with Crippen molar-refractivity contribution in [2.24, 2.45) is 11.8 Å². The molecule has 0 heterocycles. The number of hydrogen-bond acceptors (Lipinski definition) is 5. The van der Waals surface area contributed by atoms with Gasteiger partial charge in [-0.1, -0.05) is 11.6 Å². The minimum absolute atomic E-state index is 0.000347. The summed E-state index contributed by atoms with van der Waals surface area (Å²) in [5, 5.41) is 9.05. The molecule has 0 aromatic heterocycles. The van der Waals surface area contributed by atoms with Gasteiger partial charge in [-0.25, -0.2) is 8.42 Å². The Balaban J connectivity index is 2.39. The lowest BCUT2D eigenvalue weighted by molar-refractivity contribution is -0.121. The minimum Gasteiger partial charge on any atom is -0.297 e. The number of nitrogens with zero attached hydrogens (tertiary/aromatic N) is 1. The molecule has 21 heavy (non-hydrogen) atoms. The number of ketones is 2. The van der Waals surface area contributed by atoms with E-state index in [1.54, 1.807) is 6.07 Å². The van der Waals surface area contributed by atoms with Gasteiger partial charge in [-0.15, -0.1) is 0 Å². The van der Waals surface area contributed by atoms with E-state index in [-0.39, 0.29) is 21.4 Å². The van der Waals surface area contributed by atoms with Crippen molar-refractivity contribution in [1.29, 1.82) is 5.26 Å². The molecule has 0 saturated heterocycles. The summed E-state index contributed by atoms with van der Waals surface area (Å²) < 4.78 is 23.2. The highest BCUT2D eigenvalue weighted by Gasteiger charge is 2.38. The molecule has 0 bridgehead atoms. The van der Waals surface area contributed by atoms with E-state index in [1.165, 1.54) is 12.1 Å². The van der Waals surface area contributed by atoms with Gasteiger partial charge in [0.25, 0.3) is 0 Å². The van der Waals surface area contributed by atoms with Crippen molar-refractivity contribution in [3.05, 3.63) is 28.8 Å². The Morgan fingerprint density at radius 1 is 1.38 bits per heavy atom. The normalized spacial score (nSPS) is 16.0. The van der Waals surface area contributed by atoms with Crippen molar-refractivity contribution in [1.82, 2.24) is 0 Å². The van der Waals surface area contributed by atoms with Crippen LogP contribution >= 0.6 is 11.6 Å². The molecule has 1 aliphatic carbocycles. The van der Waals surface area contributed by atoms with Gasteiger partial charge in [0.2, 0.25) is 0 Å². The van der Waals surface area contributed by atoms with Crippen LogP contribution in [0.1, 0.15) is 23.2 Å². The molecular weight excluding hydrogens is 314 g/mol. The highest BCUT2D eigenvalue weighted by atomic mass is 35.5. The van der Waals surface area contributed by atoms with Gasteiger partial charge in [-0.3, -0.25) is 9.59 Å². The zero-order valence-corrected chi connectivity index (χ0v) is 12.7. The summed E-state index contributed by atoms with van der Waals surface area (Å²) in [6.07, 6.45) is 2.36. The molecule has 110 valence electrons. The topological polar surface area (TPSA) is 92.1 Å². The second-order valence-electron chi connectivity index (χ2n) is 5.02. The summed E-state index contributed by atoms with van der Waals surface area (Å²) in [5.41, 5.74) is 0.000347. The van der Waals surface area contributed by atoms with Crippen molar-refractivity contribution in [2.75, 3.05) is 6.26 Å². The third kappa shape index (κ3) is 3.31. The molecule has 1 fully saturated rings. The molecular formula is C14H12ClNO4S. The van der Waals surface area contributed by atoms with Crippen LogP contribution < -0.4 is 0 Å². The predicted octanol–water partition coefficient (Wildman–Crippen LogP) is 2.05. The van der Waals surface area contributed by atoms with Gasteiger partial charge in [0.05, 0.1) is 16.0 Å². The molecule has 1 aliphatic rings. The van der Waals surface area contributed by atoms with E-state index in [0.29, 0.717) is 12.8 Å². The summed E-state index contributed by atoms with van der Waals surface area (Å²) in [5.74, 6) is -2.68. The van der Waals surface area contributed by atoms with Gasteiger partial charge in [0, 0.05) is 17.7 Å². The summed E-state index contributed by atoms with van der Waals surface area (Å²) in [7, 11) is -3.60. The van der Waals surface area contributed by atoms with Gasteiger partial charge in [-0.05, 0) is 31.0 Å². The maximum absolute atomic E-state index is 12.3. The second kappa shape index (κ2) is 5.58. The molecule has 1 saturated carbocycles. The number of hydrogen-bond donors (Lipinski definition) is 0. The Bertz CT molecular complexity index is 760. The Hall–Kier alpha value is -1.71. The van der Waals surface area contributed by atoms with Crippen LogP contribution in [0.3, 0.4) is 0 Å². The van der Waals surface area contributed by atoms with Crippen molar-refractivity contribution < 1.29 is 18.0 Å². The average Bonchev–Trinajstić information content (AvgIpc) is 3.22. The third-order valence-electron chi connectivity index (χ3n) is 3.27. The van der Waals surface area contributed by atoms with Crippen molar-refractivity contribution >= 4 is 33.0 Å². The first kappa shape index (κ1) is 15.7. The summed E-state index contributed by atoms with van der Waals surface area (Å²) in [6, 6.07) is 5.43. The Kier molecular flexibility index (Phi) is 4.17. The molecule has 0 amide bonds. The first-order valence-electron chi connectivity index (χ1n) is 6.23. The predicted molar refractivity (Wildman–Crippen MR) is 75.7 cm³/mol. The van der Waals surface area contributed by atoms with Crippen molar-refractivity contribution in [2.45, 2.75) is 17.7 Å². The number of halogens is 1. The fourth-order valence-corrected chi connectivity index (χ4v) is 3.26. The Labute approximate surface area is 127 Å². The van der Waals surface area contributed by atoms with Gasteiger partial charge in [0.1, 0.15) is 0 Å². The van der Waals surface area contributed by atoms with Gasteiger partial charge in [-0.2, -0.15) is 5.26 Å². The van der Waals surface area contributed by atoms with E-state index in [2.05, 4.69) is 0 Å². The number of carbonyl (C=O) groups excluding carboxylic acids is 2. The lowest BCUT2D eigenvalue weighted by atomic mass is 9.93. The molecule has 0 aliphatic heterocycles. The van der Waals surface area contributed by atoms with Crippen molar-refractivity contribution in [3.63, 3.8) is 0 Å². The van der Waals surface area contributed by atoms with Gasteiger partial charge in [0.15, 0.2) is 27.3 Å². The molecule has 7 heteroatoms. The maximum Gasteiger partial charge on any atom is 0.187 e. The Morgan fingerprint density at radius 3 is 2.48 bits per heavy atom. The highest BCUT2D eigenvalue weighted by Crippen LogP contribution is 2.33. The number of benzene rings is 1. The monoisotopic (exact) mass is 325 g/mol. The van der Waals surface area contributed by atoms with Gasteiger partial charge < -0.3 is 0 Å². The van der Waals surface area contributed by atoms with Crippen LogP contribution in [0.4, 0.5) is 0 Å². The second-order valence-corrected chi connectivity index (χ2v) is 7.41. The first-order chi connectivity index (χ1) is 9.75. The molecule has 1 unspecified atom stereocenters. The largest absolute Gasteiger partial charge is 0.297 e. The summed E-state index contributed by atoms with van der Waals surface area (Å²) >= 11 is 5.80. The van der Waals surface area contributed by atoms with E-state index in [4.69, 9.17) is 16.9 Å². The highest BCUT2D eigenvalue weighted by molar-refractivity contribution is 7.90. The lowest BCUT2D eigenvalue weighted by Gasteiger charge is -2.09. The van der Waals surface area contributed by atoms with Crippen LogP contribution in [0.25, 0.3) is 0 Å². The Morgan fingerprint density at radius 2 is 2.00 bits per heavy atom. The van der Waals surface area contributed by atoms with E-state index >= 15 is 0 Å². The molecule has 1 atom stereocenters. The van der Waals surface area contributed by atoms with E-state index < -0.39 is 27.3 Å². The number of rotatable bonds is 5. The number of nitriles is 1. The van der Waals surface area contributed by atoms with E-state index in [0.717, 1.165) is 12.3 Å². The number of Topliss-reactive ketones (excluding diaryl/α,β-unsaturated/α-hetero) is 2. The van der Waals surface area contributed by atoms with Crippen LogP contribution in [0.5, 0.6) is 0 Å². The average molecular weight is 326 g/mol. The molecule has 0 radical (unpaired) electrons. The smallest absolute Gasteiger partial charge is 0.187 e. The molecule has 1 aromatic carbocycles. The van der Waals surface area contributed by atoms with Crippen LogP contribution in [0.2, 0.25) is 5.02 Å². The third-order valence-corrected chi connectivity index (χ3v) is 4.85. The van der Waals surface area contributed by atoms with Crippen LogP contribution in [0, 0.1) is 23.2 Å². The maximum atomic E-state index is 12.3. The zero-order valence-electron chi connectivity index (χ0n) is 11.2. The molecule has 0 N–H and O–H groups in total. The summed E-state index contributed by atoms with van der Waals surface area (Å²) in [4.78, 5) is 24.0. The van der Waals surface area contributed by atoms with Crippen LogP contribution in [-0.4, -0.2) is 26.2 Å². The summed E-state index contributed by atoms with van der Waals surface area (Å²) in [6.45, 7) is 0. The fraction of sp³-hybridized carbons (Fsp3) is 0.357. The molecule has 0 spiro atoms. The molecule has 1 aromatic rings. The SMILES string of the molecule is CS(=O)(=O)c1cc(C(=O)C(C#N)C(=O)C2CC2)ccc1Cl. The quantitative estimate of drug-likeness (QED) is 0.610. The minimum atomic E-state index is -3.60. The van der Waals surface area contributed by atoms with Crippen molar-refractivity contribution in [3.8, 4) is 6.07 Å². The number of sulfone groups is 1. The van der Waals surface area contributed by atoms with Gasteiger partial charge >= 0.3 is 0 Å². The molecule has 5 nitrogen and oxygen atoms in total. The standard InChI is InChI=1S/C14H12ClNO4S/c1-21(19,20)12-6-9(4-5-11(12)15)14(18)10(7-16)13(17)8-2-3-8/h4-6,8,10H,2-3H2,1H3. The molecule has 2 rings (SSSR count). The van der Waals surface area contributed by atoms with E-state index in [1.807, 2.05) is 0 Å². The van der Waals surface area contributed by atoms with E-state index in [9.17, 15) is 18.0 Å².